The fourth-order valence-electron chi connectivity index (χ4n) is 2.23. The van der Waals surface area contributed by atoms with E-state index in [9.17, 15) is 106 Å². The molecule has 0 saturated carbocycles. The van der Waals surface area contributed by atoms with Crippen LogP contribution >= 0.6 is 0 Å². The lowest BCUT2D eigenvalue weighted by Crippen LogP contribution is -2.64. The summed E-state index contributed by atoms with van der Waals surface area (Å²) in [6, 6.07) is -2.17. The Kier molecular flexibility index (Phi) is 7.84. The average molecular weight is 650 g/mol. The highest BCUT2D eigenvalue weighted by Crippen LogP contribution is 2.57. The van der Waals surface area contributed by atoms with Crippen molar-refractivity contribution < 1.29 is 106 Å². The van der Waals surface area contributed by atoms with Crippen LogP contribution in [-0.2, 0) is 11.8 Å². The molecule has 0 aliphatic rings. The van der Waals surface area contributed by atoms with Crippen LogP contribution in [-0.4, -0.2) is 63.8 Å². The van der Waals surface area contributed by atoms with Crippen LogP contribution < -0.4 is 0 Å². The van der Waals surface area contributed by atoms with E-state index < -0.39 is 88.0 Å². The molecular formula is C14HF23N2O. The first-order chi connectivity index (χ1) is 17.0. The van der Waals surface area contributed by atoms with Crippen molar-refractivity contribution in [1.82, 2.24) is 9.78 Å². The van der Waals surface area contributed by atoms with Crippen molar-refractivity contribution in [2.45, 2.75) is 60.0 Å². The van der Waals surface area contributed by atoms with E-state index in [1.54, 1.807) is 0 Å². The fraction of sp³-hybridized carbons (Fsp3) is 0.714. The Hall–Kier alpha value is -2.73. The smallest absolute Gasteiger partial charge is 0.265 e. The number of nitrogens with zero attached hydrogens (tertiary/aromatic N) is 2. The van der Waals surface area contributed by atoms with E-state index >= 15 is 0 Å². The lowest BCUT2D eigenvalue weighted by molar-refractivity contribution is -0.387. The number of aromatic nitrogens is 2. The van der Waals surface area contributed by atoms with Crippen molar-refractivity contribution in [2.75, 3.05) is 0 Å². The van der Waals surface area contributed by atoms with Gasteiger partial charge in [-0.2, -0.15) is 111 Å². The van der Waals surface area contributed by atoms with Gasteiger partial charge in [-0.1, -0.05) is 0 Å². The number of hydrogen-bond acceptors (Lipinski definition) is 2. The SMILES string of the molecule is O=C(n1nc(C(F)(F)C(F)(F)C(F)(F)F)cc1C(F)(F)C(F)(F)C(F)(F)F)C(F)(F)C(F)(F)C(F)(F)C(F)(F)F. The maximum absolute atomic E-state index is 14.0. The summed E-state index contributed by atoms with van der Waals surface area (Å²) in [5.41, 5.74) is -8.28. The zero-order valence-electron chi connectivity index (χ0n) is 17.1. The molecule has 0 saturated heterocycles. The molecule has 234 valence electrons. The Bertz CT molecular complexity index is 1120. The number of halogens is 23. The van der Waals surface area contributed by atoms with E-state index in [0.29, 0.717) is 0 Å². The summed E-state index contributed by atoms with van der Waals surface area (Å²) in [7, 11) is 0. The molecule has 26 heteroatoms. The van der Waals surface area contributed by atoms with Gasteiger partial charge in [-0.05, 0) is 6.07 Å². The molecule has 0 bridgehead atoms. The quantitative estimate of drug-likeness (QED) is 0.286. The summed E-state index contributed by atoms with van der Waals surface area (Å²) in [5, 5.41) is 1.06. The fourth-order valence-corrected chi connectivity index (χ4v) is 2.23. The number of hydrogen-bond donors (Lipinski definition) is 0. The summed E-state index contributed by atoms with van der Waals surface area (Å²) >= 11 is 0. The minimum atomic E-state index is -8.28. The second-order valence-electron chi connectivity index (χ2n) is 7.15. The maximum Gasteiger partial charge on any atom is 0.460 e. The zero-order valence-corrected chi connectivity index (χ0v) is 17.1. The van der Waals surface area contributed by atoms with E-state index in [2.05, 4.69) is 0 Å². The molecule has 0 aliphatic heterocycles. The van der Waals surface area contributed by atoms with E-state index in [-0.39, 0.29) is 0 Å². The van der Waals surface area contributed by atoms with Crippen LogP contribution in [0.4, 0.5) is 101 Å². The molecule has 0 N–H and O–H groups in total. The summed E-state index contributed by atoms with van der Waals surface area (Å²) in [6.07, 6.45) is -23.1. The van der Waals surface area contributed by atoms with Gasteiger partial charge in [0.15, 0.2) is 0 Å². The average Bonchev–Trinajstić information content (AvgIpc) is 3.16. The standard InChI is InChI=1S/C14HF23N2O/c15-5(16,9(23,24)12(29,30)31)2-1-3(6(17,18)10(25,26)13(32,33)34)39(38-2)4(40)7(19,20)8(21,22)11(27,28)14(35,36)37/h1H. The summed E-state index contributed by atoms with van der Waals surface area (Å²) in [4.78, 5) is 11.6. The molecule has 0 radical (unpaired) electrons. The van der Waals surface area contributed by atoms with Gasteiger partial charge >= 0.3 is 65.9 Å². The molecule has 1 aromatic rings. The molecule has 3 nitrogen and oxygen atoms in total. The Morgan fingerprint density at radius 1 is 0.500 bits per heavy atom. The van der Waals surface area contributed by atoms with Crippen LogP contribution in [0.1, 0.15) is 16.2 Å². The Morgan fingerprint density at radius 2 is 0.825 bits per heavy atom. The van der Waals surface area contributed by atoms with Crippen molar-refractivity contribution in [2.24, 2.45) is 0 Å². The molecule has 0 aliphatic carbocycles. The molecular weight excluding hydrogens is 649 g/mol. The third kappa shape index (κ3) is 4.66. The van der Waals surface area contributed by atoms with Crippen LogP contribution in [0.15, 0.2) is 6.07 Å². The van der Waals surface area contributed by atoms with Gasteiger partial charge in [-0.3, -0.25) is 4.79 Å². The summed E-state index contributed by atoms with van der Waals surface area (Å²) in [6.45, 7) is 0. The molecule has 0 atom stereocenters. The van der Waals surface area contributed by atoms with Gasteiger partial charge in [0.25, 0.3) is 0 Å². The van der Waals surface area contributed by atoms with Crippen molar-refractivity contribution in [3.8, 4) is 0 Å². The highest BCUT2D eigenvalue weighted by atomic mass is 19.4. The van der Waals surface area contributed by atoms with Crippen LogP contribution in [0.25, 0.3) is 0 Å². The second-order valence-corrected chi connectivity index (χ2v) is 7.15. The largest absolute Gasteiger partial charge is 0.460 e. The first kappa shape index (κ1) is 35.3. The predicted molar refractivity (Wildman–Crippen MR) is 73.5 cm³/mol. The minimum absolute atomic E-state index is 1.06. The van der Waals surface area contributed by atoms with Crippen LogP contribution in [0.2, 0.25) is 0 Å². The van der Waals surface area contributed by atoms with Gasteiger partial charge in [0.2, 0.25) is 0 Å². The molecule has 0 aromatic carbocycles. The summed E-state index contributed by atoms with van der Waals surface area (Å²) < 4.78 is 296. The van der Waals surface area contributed by atoms with Gasteiger partial charge in [-0.25, -0.2) is 0 Å². The molecule has 1 aromatic heterocycles. The monoisotopic (exact) mass is 650 g/mol. The molecule has 40 heavy (non-hydrogen) atoms. The second kappa shape index (κ2) is 8.88. The molecule has 0 fully saturated rings. The molecule has 0 spiro atoms. The Morgan fingerprint density at radius 3 is 1.15 bits per heavy atom. The van der Waals surface area contributed by atoms with E-state index in [1.807, 2.05) is 0 Å². The third-order valence-corrected chi connectivity index (χ3v) is 4.46. The first-order valence-corrected chi connectivity index (χ1v) is 8.50. The van der Waals surface area contributed by atoms with E-state index in [1.165, 1.54) is 0 Å². The number of alkyl halides is 23. The van der Waals surface area contributed by atoms with Crippen LogP contribution in [0.3, 0.4) is 0 Å². The molecule has 0 amide bonds. The molecule has 1 rings (SSSR count). The highest BCUT2D eigenvalue weighted by molar-refractivity contribution is 5.87. The Labute approximate surface area is 200 Å². The first-order valence-electron chi connectivity index (χ1n) is 8.50. The lowest BCUT2D eigenvalue weighted by Gasteiger charge is -2.33. The zero-order chi connectivity index (χ0) is 32.7. The van der Waals surface area contributed by atoms with E-state index in [4.69, 9.17) is 0 Å². The van der Waals surface area contributed by atoms with Gasteiger partial charge in [0.05, 0.1) is 0 Å². The Balaban J connectivity index is 4.19. The predicted octanol–water partition coefficient (Wildman–Crippen LogP) is 7.57. The topological polar surface area (TPSA) is 34.9 Å². The van der Waals surface area contributed by atoms with Crippen molar-refractivity contribution in [1.29, 1.82) is 0 Å². The van der Waals surface area contributed by atoms with E-state index in [0.717, 1.165) is 5.10 Å². The van der Waals surface area contributed by atoms with Gasteiger partial charge in [0, 0.05) is 0 Å². The molecule has 1 heterocycles. The van der Waals surface area contributed by atoms with Gasteiger partial charge in [-0.15, -0.1) is 0 Å². The van der Waals surface area contributed by atoms with Crippen molar-refractivity contribution >= 4 is 5.91 Å². The van der Waals surface area contributed by atoms with Crippen LogP contribution in [0, 0.1) is 0 Å². The normalized spacial score (nSPS) is 16.0. The number of carbonyl (C=O) groups excluding carboxylic acids is 1. The maximum atomic E-state index is 14.0. The highest BCUT2D eigenvalue weighted by Gasteiger charge is 2.85. The lowest BCUT2D eigenvalue weighted by atomic mass is 10.0. The third-order valence-electron chi connectivity index (χ3n) is 4.46. The van der Waals surface area contributed by atoms with Gasteiger partial charge in [0.1, 0.15) is 11.4 Å². The summed E-state index contributed by atoms with van der Waals surface area (Å²) in [5.74, 6) is -59.9. The van der Waals surface area contributed by atoms with Crippen molar-refractivity contribution in [3.05, 3.63) is 17.5 Å². The van der Waals surface area contributed by atoms with Crippen molar-refractivity contribution in [3.63, 3.8) is 0 Å². The van der Waals surface area contributed by atoms with Crippen LogP contribution in [0.5, 0.6) is 0 Å². The van der Waals surface area contributed by atoms with Gasteiger partial charge < -0.3 is 0 Å². The molecule has 0 unspecified atom stereocenters. The number of carbonyl (C=O) groups is 1. The number of rotatable bonds is 7. The minimum Gasteiger partial charge on any atom is -0.265 e.